The third kappa shape index (κ3) is 8.57. The fraction of sp³-hybridized carbons (Fsp3) is 0.357. The van der Waals surface area contributed by atoms with E-state index in [2.05, 4.69) is 9.72 Å². The molecule has 0 fully saturated rings. The summed E-state index contributed by atoms with van der Waals surface area (Å²) >= 11 is 0. The highest BCUT2D eigenvalue weighted by molar-refractivity contribution is 5.76. The van der Waals surface area contributed by atoms with Crippen LogP contribution in [0.5, 0.6) is 17.2 Å². The number of nitrogens with zero attached hydrogens (tertiary/aromatic N) is 2. The summed E-state index contributed by atoms with van der Waals surface area (Å²) in [6.45, 7) is 7.67. The van der Waals surface area contributed by atoms with Gasteiger partial charge in [0.1, 0.15) is 11.5 Å². The van der Waals surface area contributed by atoms with Crippen molar-refractivity contribution in [2.75, 3.05) is 11.4 Å². The monoisotopic (exact) mass is 532 g/mol. The lowest BCUT2D eigenvalue weighted by molar-refractivity contribution is -0.274. The Morgan fingerprint density at radius 1 is 0.947 bits per heavy atom. The molecule has 204 valence electrons. The summed E-state index contributed by atoms with van der Waals surface area (Å²) in [4.78, 5) is 17.8. The molecule has 2 aromatic carbocycles. The van der Waals surface area contributed by atoms with E-state index in [0.29, 0.717) is 36.8 Å². The van der Waals surface area contributed by atoms with Crippen molar-refractivity contribution in [3.63, 3.8) is 0 Å². The molecule has 3 rings (SSSR count). The number of alkyl halides is 3. The second kappa shape index (κ2) is 12.1. The van der Waals surface area contributed by atoms with Gasteiger partial charge >= 0.3 is 12.3 Å². The van der Waals surface area contributed by atoms with Gasteiger partial charge in [-0.15, -0.1) is 13.2 Å². The first-order chi connectivity index (χ1) is 17.8. The molecule has 1 aromatic heterocycles. The van der Waals surface area contributed by atoms with Gasteiger partial charge in [-0.1, -0.05) is 24.3 Å². The number of halogens is 3. The van der Waals surface area contributed by atoms with E-state index >= 15 is 0 Å². The maximum atomic E-state index is 12.5. The fourth-order valence-electron chi connectivity index (χ4n) is 3.57. The molecule has 0 aliphatic rings. The van der Waals surface area contributed by atoms with Crippen molar-refractivity contribution in [1.82, 2.24) is 4.98 Å². The number of carboxylic acid groups (broad SMARTS) is 1. The van der Waals surface area contributed by atoms with Crippen LogP contribution in [0.15, 0.2) is 66.9 Å². The number of hydrogen-bond donors (Lipinski definition) is 1. The van der Waals surface area contributed by atoms with Crippen LogP contribution in [0.2, 0.25) is 0 Å². The molecule has 1 N–H and O–H groups in total. The summed E-state index contributed by atoms with van der Waals surface area (Å²) in [7, 11) is 0. The zero-order chi connectivity index (χ0) is 27.9. The van der Waals surface area contributed by atoms with Gasteiger partial charge in [0.2, 0.25) is 0 Å². The van der Waals surface area contributed by atoms with Crippen LogP contribution in [-0.4, -0.2) is 40.7 Å². The molecule has 1 heterocycles. The molecular weight excluding hydrogens is 501 g/mol. The minimum Gasteiger partial charge on any atom is -0.487 e. The Bertz CT molecular complexity index is 1200. The molecule has 0 aliphatic heterocycles. The molecule has 38 heavy (non-hydrogen) atoms. The molecular formula is C28H31F3N2O5. The summed E-state index contributed by atoms with van der Waals surface area (Å²) in [5, 5.41) is 9.27. The average Bonchev–Trinajstić information content (AvgIpc) is 2.82. The number of carboxylic acids is 1. The first-order valence-electron chi connectivity index (χ1n) is 12.0. The van der Waals surface area contributed by atoms with E-state index in [0.717, 1.165) is 11.1 Å². The van der Waals surface area contributed by atoms with Crippen molar-refractivity contribution in [2.45, 2.75) is 58.7 Å². The Labute approximate surface area is 219 Å². The number of carbonyl (C=O) groups is 1. The van der Waals surface area contributed by atoms with Crippen LogP contribution in [0.4, 0.5) is 19.0 Å². The molecule has 0 spiro atoms. The van der Waals surface area contributed by atoms with Gasteiger partial charge in [0.15, 0.2) is 17.2 Å². The lowest BCUT2D eigenvalue weighted by Crippen LogP contribution is -2.37. The first kappa shape index (κ1) is 28.6. The number of benzene rings is 2. The van der Waals surface area contributed by atoms with E-state index in [1.807, 2.05) is 36.9 Å². The largest absolute Gasteiger partial charge is 0.573 e. The van der Waals surface area contributed by atoms with E-state index in [4.69, 9.17) is 9.47 Å². The quantitative estimate of drug-likeness (QED) is 0.295. The second-order valence-electron chi connectivity index (χ2n) is 9.42. The van der Waals surface area contributed by atoms with Gasteiger partial charge in [-0.25, -0.2) is 9.78 Å². The molecule has 10 heteroatoms. The van der Waals surface area contributed by atoms with Crippen molar-refractivity contribution in [2.24, 2.45) is 0 Å². The maximum absolute atomic E-state index is 12.5. The third-order valence-electron chi connectivity index (χ3n) is 5.43. The summed E-state index contributed by atoms with van der Waals surface area (Å²) in [6.07, 6.45) is -2.57. The normalized spacial score (nSPS) is 11.8. The molecule has 0 saturated carbocycles. The average molecular weight is 533 g/mol. The smallest absolute Gasteiger partial charge is 0.487 e. The number of pyridine rings is 1. The Morgan fingerprint density at radius 3 is 2.08 bits per heavy atom. The van der Waals surface area contributed by atoms with Crippen LogP contribution >= 0.6 is 0 Å². The lowest BCUT2D eigenvalue weighted by atomic mass is 10.1. The Balaban J connectivity index is 1.79. The predicted molar refractivity (Wildman–Crippen MR) is 137 cm³/mol. The highest BCUT2D eigenvalue weighted by Crippen LogP contribution is 2.29. The standard InChI is InChI=1S/C28H31F3N2O5/c1-19(2)36-24-6-5-16-32-25(24)33(18-21-9-13-23(14-10-21)38-28(29,30)31)17-15-20-7-11-22(12-8-20)37-27(3,4)26(34)35/h5-14,16,19H,15,17-18H2,1-4H3,(H,34,35). The highest BCUT2D eigenvalue weighted by Gasteiger charge is 2.31. The highest BCUT2D eigenvalue weighted by atomic mass is 19.4. The van der Waals surface area contributed by atoms with Crippen molar-refractivity contribution >= 4 is 11.8 Å². The van der Waals surface area contributed by atoms with Crippen LogP contribution in [0.1, 0.15) is 38.8 Å². The fourth-order valence-corrected chi connectivity index (χ4v) is 3.57. The molecule has 0 atom stereocenters. The van der Waals surface area contributed by atoms with E-state index in [1.54, 1.807) is 36.5 Å². The maximum Gasteiger partial charge on any atom is 0.573 e. The second-order valence-corrected chi connectivity index (χ2v) is 9.42. The van der Waals surface area contributed by atoms with Gasteiger partial charge in [-0.3, -0.25) is 0 Å². The van der Waals surface area contributed by atoms with Crippen molar-refractivity contribution in [1.29, 1.82) is 0 Å². The van der Waals surface area contributed by atoms with Gasteiger partial charge in [-0.2, -0.15) is 0 Å². The number of rotatable bonds is 12. The number of ether oxygens (including phenoxy) is 3. The molecule has 0 aliphatic carbocycles. The van der Waals surface area contributed by atoms with Gasteiger partial charge < -0.3 is 24.2 Å². The molecule has 0 unspecified atom stereocenters. The number of aliphatic carboxylic acids is 1. The minimum absolute atomic E-state index is 0.0822. The van der Waals surface area contributed by atoms with Crippen LogP contribution in [0.25, 0.3) is 0 Å². The zero-order valence-corrected chi connectivity index (χ0v) is 21.7. The van der Waals surface area contributed by atoms with E-state index in [9.17, 15) is 23.1 Å². The molecule has 0 amide bonds. The molecule has 3 aromatic rings. The summed E-state index contributed by atoms with van der Waals surface area (Å²) in [5.41, 5.74) is 0.386. The molecule has 0 radical (unpaired) electrons. The van der Waals surface area contributed by atoms with Crippen molar-refractivity contribution < 1.29 is 37.3 Å². The van der Waals surface area contributed by atoms with Gasteiger partial charge in [0, 0.05) is 19.3 Å². The first-order valence-corrected chi connectivity index (χ1v) is 12.0. The molecule has 7 nitrogen and oxygen atoms in total. The van der Waals surface area contributed by atoms with Crippen LogP contribution in [-0.2, 0) is 17.8 Å². The summed E-state index contributed by atoms with van der Waals surface area (Å²) in [6, 6.07) is 16.5. The van der Waals surface area contributed by atoms with Crippen LogP contribution < -0.4 is 19.1 Å². The van der Waals surface area contributed by atoms with Crippen molar-refractivity contribution in [3.05, 3.63) is 78.0 Å². The Morgan fingerprint density at radius 2 is 1.53 bits per heavy atom. The van der Waals surface area contributed by atoms with Gasteiger partial charge in [0.05, 0.1) is 6.10 Å². The van der Waals surface area contributed by atoms with Gasteiger partial charge in [-0.05, 0) is 81.6 Å². The zero-order valence-electron chi connectivity index (χ0n) is 21.7. The number of aromatic nitrogens is 1. The minimum atomic E-state index is -4.76. The molecule has 0 saturated heterocycles. The molecule has 0 bridgehead atoms. The Hall–Kier alpha value is -3.95. The topological polar surface area (TPSA) is 81.1 Å². The van der Waals surface area contributed by atoms with E-state index in [-0.39, 0.29) is 11.9 Å². The number of anilines is 1. The number of hydrogen-bond acceptors (Lipinski definition) is 6. The van der Waals surface area contributed by atoms with E-state index in [1.165, 1.54) is 26.0 Å². The van der Waals surface area contributed by atoms with E-state index < -0.39 is 17.9 Å². The van der Waals surface area contributed by atoms with Crippen LogP contribution in [0, 0.1) is 0 Å². The Kier molecular flexibility index (Phi) is 9.08. The predicted octanol–water partition coefficient (Wildman–Crippen LogP) is 6.26. The third-order valence-corrected chi connectivity index (χ3v) is 5.43. The van der Waals surface area contributed by atoms with Crippen LogP contribution in [0.3, 0.4) is 0 Å². The lowest BCUT2D eigenvalue weighted by Gasteiger charge is -2.27. The summed E-state index contributed by atoms with van der Waals surface area (Å²) < 4.78 is 53.1. The SMILES string of the molecule is CC(C)Oc1cccnc1N(CCc1ccc(OC(C)(C)C(=O)O)cc1)Cc1ccc(OC(F)(F)F)cc1. The van der Waals surface area contributed by atoms with Gasteiger partial charge in [0.25, 0.3) is 0 Å². The van der Waals surface area contributed by atoms with Crippen molar-refractivity contribution in [3.8, 4) is 17.2 Å². The summed E-state index contributed by atoms with van der Waals surface area (Å²) in [5.74, 6) is 0.295.